The molecule has 0 unspecified atom stereocenters. The minimum Gasteiger partial charge on any atom is -0.398 e. The van der Waals surface area contributed by atoms with Gasteiger partial charge in [-0.3, -0.25) is 0 Å². The third-order valence-corrected chi connectivity index (χ3v) is 4.60. The van der Waals surface area contributed by atoms with Crippen molar-refractivity contribution < 1.29 is 0 Å². The Labute approximate surface area is 109 Å². The van der Waals surface area contributed by atoms with Gasteiger partial charge in [-0.05, 0) is 80.3 Å². The molecular weight excluding hydrogens is 220 g/mol. The molecule has 0 aliphatic heterocycles. The minimum absolute atomic E-state index is 0.830. The van der Waals surface area contributed by atoms with Gasteiger partial charge < -0.3 is 11.5 Å². The Morgan fingerprint density at radius 3 is 1.11 bits per heavy atom. The van der Waals surface area contributed by atoms with Gasteiger partial charge in [0.1, 0.15) is 0 Å². The molecule has 96 valence electrons. The highest BCUT2D eigenvalue weighted by molar-refractivity contribution is 6.08. The molecule has 2 aromatic carbocycles. The molecule has 0 radical (unpaired) electrons. The summed E-state index contributed by atoms with van der Waals surface area (Å²) in [7, 11) is 0. The highest BCUT2D eigenvalue weighted by Gasteiger charge is 2.17. The van der Waals surface area contributed by atoms with Crippen LogP contribution in [-0.4, -0.2) is 0 Å². The van der Waals surface area contributed by atoms with E-state index in [1.807, 2.05) is 0 Å². The minimum atomic E-state index is 0.830. The van der Waals surface area contributed by atoms with E-state index in [1.54, 1.807) is 0 Å². The van der Waals surface area contributed by atoms with Gasteiger partial charge in [-0.25, -0.2) is 0 Å². The number of fused-ring (bicyclic) bond motifs is 1. The highest BCUT2D eigenvalue weighted by Crippen LogP contribution is 2.40. The van der Waals surface area contributed by atoms with Crippen molar-refractivity contribution in [1.29, 1.82) is 0 Å². The molecule has 2 heteroatoms. The van der Waals surface area contributed by atoms with Gasteiger partial charge >= 0.3 is 0 Å². The average molecular weight is 242 g/mol. The van der Waals surface area contributed by atoms with Crippen molar-refractivity contribution in [2.45, 2.75) is 41.5 Å². The van der Waals surface area contributed by atoms with E-state index < -0.39 is 0 Å². The maximum Gasteiger partial charge on any atom is 0.0447 e. The molecule has 0 aliphatic rings. The van der Waals surface area contributed by atoms with Crippen LogP contribution in [0.4, 0.5) is 11.4 Å². The van der Waals surface area contributed by atoms with E-state index in [2.05, 4.69) is 41.5 Å². The van der Waals surface area contributed by atoms with Crippen LogP contribution < -0.4 is 11.5 Å². The summed E-state index contributed by atoms with van der Waals surface area (Å²) in [6.07, 6.45) is 0. The number of nitrogens with two attached hydrogens (primary N) is 2. The number of nitrogen functional groups attached to an aromatic ring is 2. The largest absolute Gasteiger partial charge is 0.398 e. The lowest BCUT2D eigenvalue weighted by molar-refractivity contribution is 1.26. The van der Waals surface area contributed by atoms with Crippen LogP contribution >= 0.6 is 0 Å². The second-order valence-corrected chi connectivity index (χ2v) is 5.33. The Morgan fingerprint density at radius 2 is 0.778 bits per heavy atom. The van der Waals surface area contributed by atoms with Gasteiger partial charge in [-0.1, -0.05) is 0 Å². The maximum atomic E-state index is 6.30. The van der Waals surface area contributed by atoms with Crippen molar-refractivity contribution in [1.82, 2.24) is 0 Å². The van der Waals surface area contributed by atoms with E-state index in [1.165, 1.54) is 27.6 Å². The fourth-order valence-electron chi connectivity index (χ4n) is 2.79. The number of aryl methyl sites for hydroxylation is 2. The molecular formula is C16H22N2. The zero-order chi connectivity index (χ0) is 13.8. The molecule has 0 aliphatic carbocycles. The van der Waals surface area contributed by atoms with E-state index in [0.29, 0.717) is 0 Å². The van der Waals surface area contributed by atoms with Gasteiger partial charge in [0.2, 0.25) is 0 Å². The molecule has 4 N–H and O–H groups in total. The maximum absolute atomic E-state index is 6.30. The van der Waals surface area contributed by atoms with Gasteiger partial charge in [-0.2, -0.15) is 0 Å². The van der Waals surface area contributed by atoms with Crippen LogP contribution in [0.1, 0.15) is 33.4 Å². The Kier molecular flexibility index (Phi) is 2.77. The van der Waals surface area contributed by atoms with E-state index in [-0.39, 0.29) is 0 Å². The zero-order valence-corrected chi connectivity index (χ0v) is 12.2. The molecule has 2 aromatic rings. The lowest BCUT2D eigenvalue weighted by Crippen LogP contribution is -2.05. The Morgan fingerprint density at radius 1 is 0.444 bits per heavy atom. The first-order valence-corrected chi connectivity index (χ1v) is 6.33. The summed E-state index contributed by atoms with van der Waals surface area (Å²) in [5, 5.41) is 2.27. The Balaban J connectivity index is 3.22. The second-order valence-electron chi connectivity index (χ2n) is 5.33. The van der Waals surface area contributed by atoms with Gasteiger partial charge in [0.05, 0.1) is 0 Å². The molecule has 2 nitrogen and oxygen atoms in total. The fourth-order valence-corrected chi connectivity index (χ4v) is 2.79. The molecule has 0 atom stereocenters. The summed E-state index contributed by atoms with van der Waals surface area (Å²) in [5.41, 5.74) is 21.7. The van der Waals surface area contributed by atoms with Crippen LogP contribution in [0.3, 0.4) is 0 Å². The summed E-state index contributed by atoms with van der Waals surface area (Å²) in [4.78, 5) is 0. The summed E-state index contributed by atoms with van der Waals surface area (Å²) < 4.78 is 0. The number of rotatable bonds is 0. The van der Waals surface area contributed by atoms with Crippen molar-refractivity contribution in [3.63, 3.8) is 0 Å². The molecule has 0 heterocycles. The van der Waals surface area contributed by atoms with Crippen LogP contribution in [0.5, 0.6) is 0 Å². The van der Waals surface area contributed by atoms with Crippen molar-refractivity contribution in [2.75, 3.05) is 11.5 Å². The Hall–Kier alpha value is -1.70. The van der Waals surface area contributed by atoms with Crippen LogP contribution in [0.15, 0.2) is 0 Å². The predicted molar refractivity (Wildman–Crippen MR) is 81.2 cm³/mol. The first kappa shape index (κ1) is 12.7. The highest BCUT2D eigenvalue weighted by atomic mass is 14.6. The van der Waals surface area contributed by atoms with Crippen LogP contribution in [0.25, 0.3) is 10.8 Å². The first-order valence-electron chi connectivity index (χ1n) is 6.33. The average Bonchev–Trinajstić information content (AvgIpc) is 2.35. The third-order valence-electron chi connectivity index (χ3n) is 4.60. The molecule has 0 amide bonds. The van der Waals surface area contributed by atoms with Gasteiger partial charge in [0.15, 0.2) is 0 Å². The summed E-state index contributed by atoms with van der Waals surface area (Å²) in [6, 6.07) is 0. The zero-order valence-electron chi connectivity index (χ0n) is 12.2. The van der Waals surface area contributed by atoms with Crippen molar-refractivity contribution in [3.8, 4) is 0 Å². The first-order chi connectivity index (χ1) is 8.29. The number of hydrogen-bond donors (Lipinski definition) is 2. The number of anilines is 2. The molecule has 0 fully saturated rings. The third kappa shape index (κ3) is 1.41. The molecule has 2 rings (SSSR count). The summed E-state index contributed by atoms with van der Waals surface area (Å²) >= 11 is 0. The van der Waals surface area contributed by atoms with Gasteiger partial charge in [0, 0.05) is 16.8 Å². The van der Waals surface area contributed by atoms with Gasteiger partial charge in [0.25, 0.3) is 0 Å². The smallest absolute Gasteiger partial charge is 0.0447 e. The van der Waals surface area contributed by atoms with Crippen LogP contribution in [0.2, 0.25) is 0 Å². The molecule has 0 saturated carbocycles. The molecule has 0 aromatic heterocycles. The molecule has 0 bridgehead atoms. The van der Waals surface area contributed by atoms with Crippen molar-refractivity contribution >= 4 is 22.1 Å². The topological polar surface area (TPSA) is 52.0 Å². The van der Waals surface area contributed by atoms with Gasteiger partial charge in [-0.15, -0.1) is 0 Å². The van der Waals surface area contributed by atoms with E-state index in [4.69, 9.17) is 11.5 Å². The van der Waals surface area contributed by atoms with Crippen molar-refractivity contribution in [3.05, 3.63) is 33.4 Å². The SMILES string of the molecule is Cc1c(C)c(N)c2c(N)c(C)c(C)c(C)c2c1C. The predicted octanol–water partition coefficient (Wildman–Crippen LogP) is 3.85. The monoisotopic (exact) mass is 242 g/mol. The van der Waals surface area contributed by atoms with E-state index in [0.717, 1.165) is 27.9 Å². The number of benzene rings is 2. The standard InChI is InChI=1S/C16H22N2/c1-7-9(3)13-10(4)8(2)12(6)16(18)14(13)15(17)11(7)5/h17-18H2,1-6H3. The fraction of sp³-hybridized carbons (Fsp3) is 0.375. The van der Waals surface area contributed by atoms with Crippen LogP contribution in [-0.2, 0) is 0 Å². The normalized spacial score (nSPS) is 11.2. The van der Waals surface area contributed by atoms with E-state index >= 15 is 0 Å². The second kappa shape index (κ2) is 3.91. The molecule has 18 heavy (non-hydrogen) atoms. The Bertz CT molecular complexity index is 554. The van der Waals surface area contributed by atoms with Crippen LogP contribution in [0, 0.1) is 41.5 Å². The summed E-state index contributed by atoms with van der Waals surface area (Å²) in [6.45, 7) is 12.7. The lowest BCUT2D eigenvalue weighted by atomic mass is 9.87. The lowest BCUT2D eigenvalue weighted by Gasteiger charge is -2.20. The molecule has 0 spiro atoms. The molecule has 0 saturated heterocycles. The van der Waals surface area contributed by atoms with Crippen molar-refractivity contribution in [2.24, 2.45) is 0 Å². The quantitative estimate of drug-likeness (QED) is 0.689. The summed E-state index contributed by atoms with van der Waals surface area (Å²) in [5.74, 6) is 0. The number of hydrogen-bond acceptors (Lipinski definition) is 2. The van der Waals surface area contributed by atoms with E-state index in [9.17, 15) is 0 Å².